The summed E-state index contributed by atoms with van der Waals surface area (Å²) in [5, 5.41) is 11.5. The number of anilines is 1. The molecule has 1 spiro atoms. The highest BCUT2D eigenvalue weighted by Crippen LogP contribution is 2.63. The Hall–Kier alpha value is -3.29. The van der Waals surface area contributed by atoms with E-state index in [0.717, 1.165) is 0 Å². The second kappa shape index (κ2) is 8.35. The molecule has 2 amide bonds. The first kappa shape index (κ1) is 26.3. The number of rotatable bonds is 1. The molecule has 6 aliphatic rings. The minimum atomic E-state index is -1.44. The normalized spacial score (nSPS) is 33.1. The second-order valence-corrected chi connectivity index (χ2v) is 12.3. The molecule has 0 radical (unpaired) electrons. The van der Waals surface area contributed by atoms with Crippen LogP contribution in [0.3, 0.4) is 0 Å². The molecule has 4 bridgehead atoms. The third kappa shape index (κ3) is 3.59. The molecule has 6 atom stereocenters. The van der Waals surface area contributed by atoms with Gasteiger partial charge in [-0.1, -0.05) is 24.1 Å². The molecule has 5 fully saturated rings. The van der Waals surface area contributed by atoms with Crippen molar-refractivity contribution in [3.05, 3.63) is 29.8 Å². The molecule has 204 valence electrons. The average Bonchev–Trinajstić information content (AvgIpc) is 2.90. The topological polar surface area (TPSA) is 115 Å². The number of fused-ring (bicyclic) bond motifs is 2. The summed E-state index contributed by atoms with van der Waals surface area (Å²) in [5.74, 6) is 5.09. The molecule has 0 unspecified atom stereocenters. The summed E-state index contributed by atoms with van der Waals surface area (Å²) in [6.07, 6.45) is -3.74. The van der Waals surface area contributed by atoms with Gasteiger partial charge in [-0.15, -0.1) is 5.92 Å². The summed E-state index contributed by atoms with van der Waals surface area (Å²) >= 11 is 0. The first-order valence-electron chi connectivity index (χ1n) is 12.8. The average molecular weight is 527 g/mol. The Morgan fingerprint density at radius 2 is 1.76 bits per heavy atom. The highest BCUT2D eigenvalue weighted by molar-refractivity contribution is 6.07. The van der Waals surface area contributed by atoms with Crippen molar-refractivity contribution in [2.75, 3.05) is 11.7 Å². The number of ether oxygens (including phenoxy) is 4. The van der Waals surface area contributed by atoms with Gasteiger partial charge >= 0.3 is 12.2 Å². The molecule has 7 rings (SSSR count). The highest BCUT2D eigenvalue weighted by atomic mass is 16.7. The number of para-hydroxylation sites is 1. The SMILES string of the molecule is CC#C[C@]12[C@@H]3CO[C@H]([C@@H]1OC(=O)OC(C)(C)C)[C@@]1(C[C@@H]3N2C(=O)OC(C)(C)C)C(=O)N(O)c2ccccc21. The van der Waals surface area contributed by atoms with Gasteiger partial charge in [-0.3, -0.25) is 14.9 Å². The van der Waals surface area contributed by atoms with Gasteiger partial charge in [0, 0.05) is 12.0 Å². The van der Waals surface area contributed by atoms with Crippen molar-refractivity contribution in [2.45, 2.75) is 95.3 Å². The molecular weight excluding hydrogens is 492 g/mol. The molecule has 10 nitrogen and oxygen atoms in total. The van der Waals surface area contributed by atoms with Gasteiger partial charge in [0.25, 0.3) is 5.91 Å². The van der Waals surface area contributed by atoms with Gasteiger partial charge in [0.2, 0.25) is 0 Å². The molecule has 38 heavy (non-hydrogen) atoms. The molecule has 1 aromatic rings. The van der Waals surface area contributed by atoms with Crippen molar-refractivity contribution < 1.29 is 38.5 Å². The van der Waals surface area contributed by atoms with Gasteiger partial charge in [-0.2, -0.15) is 5.06 Å². The van der Waals surface area contributed by atoms with E-state index in [0.29, 0.717) is 16.3 Å². The van der Waals surface area contributed by atoms with E-state index in [2.05, 4.69) is 11.8 Å². The van der Waals surface area contributed by atoms with E-state index in [-0.39, 0.29) is 18.9 Å². The summed E-state index contributed by atoms with van der Waals surface area (Å²) in [6.45, 7) is 12.2. The second-order valence-electron chi connectivity index (χ2n) is 12.3. The van der Waals surface area contributed by atoms with Crippen LogP contribution in [0.2, 0.25) is 0 Å². The summed E-state index contributed by atoms with van der Waals surface area (Å²) in [6, 6.07) is 6.36. The maximum absolute atomic E-state index is 13.9. The van der Waals surface area contributed by atoms with E-state index >= 15 is 0 Å². The van der Waals surface area contributed by atoms with E-state index in [1.807, 2.05) is 0 Å². The Morgan fingerprint density at radius 1 is 1.11 bits per heavy atom. The first-order valence-corrected chi connectivity index (χ1v) is 12.8. The van der Waals surface area contributed by atoms with Crippen LogP contribution < -0.4 is 5.06 Å². The number of hydrogen-bond acceptors (Lipinski definition) is 8. The van der Waals surface area contributed by atoms with E-state index in [1.165, 1.54) is 4.90 Å². The number of carbonyl (C=O) groups excluding carboxylic acids is 3. The summed E-state index contributed by atoms with van der Waals surface area (Å²) in [4.78, 5) is 42.2. The molecule has 5 aliphatic heterocycles. The third-order valence-corrected chi connectivity index (χ3v) is 7.66. The van der Waals surface area contributed by atoms with Crippen molar-refractivity contribution in [1.82, 2.24) is 4.90 Å². The molecule has 10 heteroatoms. The maximum atomic E-state index is 13.9. The van der Waals surface area contributed by atoms with Crippen LogP contribution in [0.4, 0.5) is 15.3 Å². The fourth-order valence-corrected chi connectivity index (χ4v) is 6.51. The fourth-order valence-electron chi connectivity index (χ4n) is 6.51. The molecule has 1 N–H and O–H groups in total. The lowest BCUT2D eigenvalue weighted by Gasteiger charge is -2.63. The zero-order valence-corrected chi connectivity index (χ0v) is 22.7. The minimum absolute atomic E-state index is 0.135. The molecule has 1 saturated carbocycles. The summed E-state index contributed by atoms with van der Waals surface area (Å²) < 4.78 is 23.6. The van der Waals surface area contributed by atoms with E-state index < -0.39 is 58.6 Å². The van der Waals surface area contributed by atoms with E-state index in [9.17, 15) is 19.6 Å². The van der Waals surface area contributed by atoms with Crippen LogP contribution >= 0.6 is 0 Å². The quantitative estimate of drug-likeness (QED) is 0.334. The minimum Gasteiger partial charge on any atom is -0.444 e. The van der Waals surface area contributed by atoms with Crippen LogP contribution in [0.1, 0.15) is 60.5 Å². The van der Waals surface area contributed by atoms with Crippen molar-refractivity contribution in [3.8, 4) is 11.8 Å². The van der Waals surface area contributed by atoms with Gasteiger partial charge in [0.05, 0.1) is 12.3 Å². The standard InChI is InChI=1S/C28H34N2O8/c1-8-13-28-17-15-35-20(21(28)36-24(33)38-26(5,6)7)27(14-19(17)29(28)23(32)37-25(2,3)4)16-11-9-10-12-18(16)30(34)22(27)31/h9-12,17,19-21,34H,14-15H2,1-7H3/t17-,19+,20-,21+,27+,28+/m1/s1. The van der Waals surface area contributed by atoms with Crippen LogP contribution in [0.5, 0.6) is 0 Å². The van der Waals surface area contributed by atoms with Crippen molar-refractivity contribution in [1.29, 1.82) is 0 Å². The molecule has 0 aromatic heterocycles. The van der Waals surface area contributed by atoms with Crippen LogP contribution in [-0.4, -0.2) is 69.9 Å². The van der Waals surface area contributed by atoms with Gasteiger partial charge in [-0.05, 0) is 66.5 Å². The Balaban J connectivity index is 1.71. The van der Waals surface area contributed by atoms with E-state index in [4.69, 9.17) is 18.9 Å². The van der Waals surface area contributed by atoms with Gasteiger partial charge < -0.3 is 18.9 Å². The van der Waals surface area contributed by atoms with Crippen LogP contribution in [0.15, 0.2) is 24.3 Å². The maximum Gasteiger partial charge on any atom is 0.509 e. The smallest absolute Gasteiger partial charge is 0.444 e. The molecule has 5 heterocycles. The fraction of sp³-hybridized carbons (Fsp3) is 0.607. The predicted molar refractivity (Wildman–Crippen MR) is 134 cm³/mol. The Kier molecular flexibility index (Phi) is 5.79. The number of hydroxylamine groups is 1. The lowest BCUT2D eigenvalue weighted by molar-refractivity contribution is -0.230. The van der Waals surface area contributed by atoms with E-state index in [1.54, 1.807) is 72.7 Å². The Morgan fingerprint density at radius 3 is 2.39 bits per heavy atom. The van der Waals surface area contributed by atoms with Crippen LogP contribution in [0, 0.1) is 17.8 Å². The third-order valence-electron chi connectivity index (χ3n) is 7.66. The van der Waals surface area contributed by atoms with Gasteiger partial charge in [0.1, 0.15) is 22.7 Å². The zero-order valence-electron chi connectivity index (χ0n) is 22.7. The first-order chi connectivity index (χ1) is 17.7. The summed E-state index contributed by atoms with van der Waals surface area (Å²) in [7, 11) is 0. The zero-order chi connectivity index (χ0) is 27.8. The molecule has 1 aliphatic carbocycles. The number of benzene rings is 1. The lowest BCUT2D eigenvalue weighted by atomic mass is 9.65. The highest BCUT2D eigenvalue weighted by Gasteiger charge is 2.80. The van der Waals surface area contributed by atoms with Gasteiger partial charge in [0.15, 0.2) is 11.6 Å². The van der Waals surface area contributed by atoms with Crippen molar-refractivity contribution >= 4 is 23.8 Å². The van der Waals surface area contributed by atoms with Crippen molar-refractivity contribution in [2.24, 2.45) is 5.92 Å². The number of amides is 2. The van der Waals surface area contributed by atoms with Crippen molar-refractivity contribution in [3.63, 3.8) is 0 Å². The Labute approximate surface area is 222 Å². The Bertz CT molecular complexity index is 1250. The number of carbonyl (C=O) groups is 3. The largest absolute Gasteiger partial charge is 0.509 e. The monoisotopic (exact) mass is 526 g/mol. The lowest BCUT2D eigenvalue weighted by Crippen LogP contribution is -2.81. The van der Waals surface area contributed by atoms with Crippen LogP contribution in [-0.2, 0) is 29.2 Å². The van der Waals surface area contributed by atoms with Crippen LogP contribution in [0.25, 0.3) is 0 Å². The number of hydrogen-bond donors (Lipinski definition) is 1. The molecule has 4 saturated heterocycles. The summed E-state index contributed by atoms with van der Waals surface area (Å²) in [5.41, 5.74) is -3.56. The molecule has 1 aromatic carbocycles. The molecular formula is C28H34N2O8. The predicted octanol–water partition coefficient (Wildman–Crippen LogP) is 3.78. The van der Waals surface area contributed by atoms with Gasteiger partial charge in [-0.25, -0.2) is 9.59 Å². The number of nitrogens with zero attached hydrogens (tertiary/aromatic N) is 2.